The van der Waals surface area contributed by atoms with E-state index in [1.165, 1.54) is 23.1 Å². The third-order valence-corrected chi connectivity index (χ3v) is 3.48. The molecule has 2 N–H and O–H groups in total. The van der Waals surface area contributed by atoms with Crippen LogP contribution in [0.1, 0.15) is 0 Å². The summed E-state index contributed by atoms with van der Waals surface area (Å²) in [6, 6.07) is 3.89. The summed E-state index contributed by atoms with van der Waals surface area (Å²) < 4.78 is 18.5. The average molecular weight is 334 g/mol. The number of hydrogen-bond donors (Lipinski definition) is 2. The number of β-amino-alcohol motifs (C(OH)–C–C–N with tert-alkyl or cyclic N) is 2. The molecule has 1 fully saturated rings. The number of benzene rings is 1. The normalized spacial score (nSPS) is 22.6. The van der Waals surface area contributed by atoms with Crippen molar-refractivity contribution in [3.05, 3.63) is 28.5 Å². The fourth-order valence-electron chi connectivity index (χ4n) is 1.80. The van der Waals surface area contributed by atoms with Gasteiger partial charge in [-0.15, -0.1) is 0 Å². The summed E-state index contributed by atoms with van der Waals surface area (Å²) in [6.45, 7) is -0.0500. The molecule has 19 heavy (non-hydrogen) atoms. The summed E-state index contributed by atoms with van der Waals surface area (Å²) >= 11 is 3.13. The summed E-state index contributed by atoms with van der Waals surface area (Å²) in [6.07, 6.45) is -1.83. The monoisotopic (exact) mass is 333 g/mol. The Hall–Kier alpha value is -1.18. The Morgan fingerprint density at radius 3 is 2.63 bits per heavy atom. The van der Waals surface area contributed by atoms with Crippen LogP contribution in [0.5, 0.6) is 5.75 Å². The second-order valence-corrected chi connectivity index (χ2v) is 5.15. The molecule has 1 aliphatic heterocycles. The van der Waals surface area contributed by atoms with Gasteiger partial charge in [-0.25, -0.2) is 4.39 Å². The smallest absolute Gasteiger partial charge is 0.260 e. The fraction of sp³-hybridized carbons (Fsp3) is 0.417. The van der Waals surface area contributed by atoms with Gasteiger partial charge in [0.15, 0.2) is 6.61 Å². The fourth-order valence-corrected chi connectivity index (χ4v) is 2.26. The Labute approximate surface area is 117 Å². The van der Waals surface area contributed by atoms with E-state index in [0.717, 1.165) is 0 Å². The first-order chi connectivity index (χ1) is 8.97. The Morgan fingerprint density at radius 2 is 2.05 bits per heavy atom. The number of carbonyl (C=O) groups is 1. The van der Waals surface area contributed by atoms with Crippen LogP contribution in [0.3, 0.4) is 0 Å². The van der Waals surface area contributed by atoms with E-state index >= 15 is 0 Å². The van der Waals surface area contributed by atoms with Crippen molar-refractivity contribution in [2.75, 3.05) is 19.7 Å². The van der Waals surface area contributed by atoms with E-state index in [2.05, 4.69) is 15.9 Å². The lowest BCUT2D eigenvalue weighted by Crippen LogP contribution is -2.34. The highest BCUT2D eigenvalue weighted by atomic mass is 79.9. The van der Waals surface area contributed by atoms with Gasteiger partial charge < -0.3 is 19.8 Å². The number of rotatable bonds is 3. The third kappa shape index (κ3) is 3.43. The molecule has 2 unspecified atom stereocenters. The zero-order valence-corrected chi connectivity index (χ0v) is 11.5. The van der Waals surface area contributed by atoms with Crippen molar-refractivity contribution in [2.24, 2.45) is 0 Å². The number of likely N-dealkylation sites (tertiary alicyclic amines) is 1. The molecule has 2 rings (SSSR count). The van der Waals surface area contributed by atoms with Crippen LogP contribution in [0.4, 0.5) is 4.39 Å². The van der Waals surface area contributed by atoms with Crippen molar-refractivity contribution in [1.82, 2.24) is 4.90 Å². The Kier molecular flexibility index (Phi) is 4.38. The highest BCUT2D eigenvalue weighted by Crippen LogP contribution is 2.25. The summed E-state index contributed by atoms with van der Waals surface area (Å²) in [4.78, 5) is 13.1. The molecule has 1 saturated heterocycles. The number of carbonyl (C=O) groups excluding carboxylic acids is 1. The van der Waals surface area contributed by atoms with Gasteiger partial charge in [0.05, 0.1) is 16.7 Å². The number of nitrogens with zero attached hydrogens (tertiary/aromatic N) is 1. The first-order valence-electron chi connectivity index (χ1n) is 5.69. The largest absolute Gasteiger partial charge is 0.483 e. The van der Waals surface area contributed by atoms with Gasteiger partial charge in [-0.1, -0.05) is 0 Å². The molecule has 0 radical (unpaired) electrons. The number of aliphatic hydroxyl groups excluding tert-OH is 2. The zero-order chi connectivity index (χ0) is 14.0. The van der Waals surface area contributed by atoms with Gasteiger partial charge >= 0.3 is 0 Å². The van der Waals surface area contributed by atoms with Crippen molar-refractivity contribution in [3.8, 4) is 5.75 Å². The van der Waals surface area contributed by atoms with E-state index in [1.807, 2.05) is 0 Å². The summed E-state index contributed by atoms with van der Waals surface area (Å²) in [5.74, 6) is -0.391. The van der Waals surface area contributed by atoms with Crippen molar-refractivity contribution < 1.29 is 24.1 Å². The van der Waals surface area contributed by atoms with E-state index in [9.17, 15) is 19.4 Å². The van der Waals surface area contributed by atoms with Crippen LogP contribution in [0.15, 0.2) is 22.7 Å². The molecule has 0 aromatic heterocycles. The van der Waals surface area contributed by atoms with Crippen LogP contribution in [-0.4, -0.2) is 52.9 Å². The van der Waals surface area contributed by atoms with Gasteiger partial charge in [0.25, 0.3) is 5.91 Å². The van der Waals surface area contributed by atoms with Crippen molar-refractivity contribution in [1.29, 1.82) is 0 Å². The quantitative estimate of drug-likeness (QED) is 0.846. The van der Waals surface area contributed by atoms with Crippen molar-refractivity contribution in [3.63, 3.8) is 0 Å². The van der Waals surface area contributed by atoms with E-state index in [4.69, 9.17) is 4.74 Å². The maximum Gasteiger partial charge on any atom is 0.260 e. The second kappa shape index (κ2) is 5.85. The third-order valence-electron chi connectivity index (χ3n) is 2.86. The second-order valence-electron chi connectivity index (χ2n) is 4.30. The first kappa shape index (κ1) is 14.2. The maximum absolute atomic E-state index is 12.9. The molecule has 7 heteroatoms. The van der Waals surface area contributed by atoms with Crippen LogP contribution < -0.4 is 4.74 Å². The topological polar surface area (TPSA) is 70.0 Å². The minimum absolute atomic E-state index is 0.0912. The van der Waals surface area contributed by atoms with E-state index in [0.29, 0.717) is 10.2 Å². The predicted molar refractivity (Wildman–Crippen MR) is 68.2 cm³/mol. The van der Waals surface area contributed by atoms with Gasteiger partial charge in [0, 0.05) is 13.1 Å². The van der Waals surface area contributed by atoms with E-state index in [1.54, 1.807) is 0 Å². The van der Waals surface area contributed by atoms with Gasteiger partial charge in [-0.3, -0.25) is 4.79 Å². The van der Waals surface area contributed by atoms with Crippen LogP contribution in [-0.2, 0) is 4.79 Å². The summed E-state index contributed by atoms with van der Waals surface area (Å²) in [7, 11) is 0. The van der Waals surface area contributed by atoms with Gasteiger partial charge in [0.1, 0.15) is 11.6 Å². The standard InChI is InChI=1S/C12H13BrFNO4/c13-8-3-7(14)1-2-11(8)19-6-12(18)15-4-9(16)10(17)5-15/h1-3,9-10,16-17H,4-6H2. The summed E-state index contributed by atoms with van der Waals surface area (Å²) in [5, 5.41) is 18.7. The number of amides is 1. The van der Waals surface area contributed by atoms with Crippen molar-refractivity contribution >= 4 is 21.8 Å². The molecule has 5 nitrogen and oxygen atoms in total. The van der Waals surface area contributed by atoms with Crippen molar-refractivity contribution in [2.45, 2.75) is 12.2 Å². The molecular weight excluding hydrogens is 321 g/mol. The van der Waals surface area contributed by atoms with E-state index < -0.39 is 18.0 Å². The van der Waals surface area contributed by atoms with Crippen LogP contribution >= 0.6 is 15.9 Å². The Bertz CT molecular complexity index is 475. The molecular formula is C12H13BrFNO4. The highest BCUT2D eigenvalue weighted by molar-refractivity contribution is 9.10. The molecule has 0 aliphatic carbocycles. The Balaban J connectivity index is 1.90. The van der Waals surface area contributed by atoms with Gasteiger partial charge in [0.2, 0.25) is 0 Å². The maximum atomic E-state index is 12.9. The number of ether oxygens (including phenoxy) is 1. The van der Waals surface area contributed by atoms with Crippen LogP contribution in [0, 0.1) is 5.82 Å². The molecule has 0 spiro atoms. The summed E-state index contributed by atoms with van der Waals surface area (Å²) in [5.41, 5.74) is 0. The SMILES string of the molecule is O=C(COc1ccc(F)cc1Br)N1CC(O)C(O)C1. The number of aliphatic hydroxyl groups is 2. The molecule has 2 atom stereocenters. The number of hydrogen-bond acceptors (Lipinski definition) is 4. The predicted octanol–water partition coefficient (Wildman–Crippen LogP) is 0.531. The average Bonchev–Trinajstić information content (AvgIpc) is 2.68. The molecule has 104 valence electrons. The highest BCUT2D eigenvalue weighted by Gasteiger charge is 2.32. The molecule has 1 aromatic rings. The van der Waals surface area contributed by atoms with Gasteiger partial charge in [-0.2, -0.15) is 0 Å². The lowest BCUT2D eigenvalue weighted by molar-refractivity contribution is -0.132. The first-order valence-corrected chi connectivity index (χ1v) is 6.48. The molecule has 1 aliphatic rings. The molecule has 1 amide bonds. The number of halogens is 2. The molecule has 1 aromatic carbocycles. The lowest BCUT2D eigenvalue weighted by Gasteiger charge is -2.16. The minimum Gasteiger partial charge on any atom is -0.483 e. The zero-order valence-electron chi connectivity index (χ0n) is 9.92. The van der Waals surface area contributed by atoms with Gasteiger partial charge in [-0.05, 0) is 34.1 Å². The molecule has 1 heterocycles. The van der Waals surface area contributed by atoms with Crippen LogP contribution in [0.25, 0.3) is 0 Å². The Morgan fingerprint density at radius 1 is 1.42 bits per heavy atom. The molecule has 0 bridgehead atoms. The van der Waals surface area contributed by atoms with Crippen LogP contribution in [0.2, 0.25) is 0 Å². The lowest BCUT2D eigenvalue weighted by atomic mass is 10.3. The molecule has 0 saturated carbocycles. The van der Waals surface area contributed by atoms with E-state index in [-0.39, 0.29) is 25.6 Å². The minimum atomic E-state index is -0.915.